The predicted molar refractivity (Wildman–Crippen MR) is 104 cm³/mol. The van der Waals surface area contributed by atoms with Crippen LogP contribution in [0.5, 0.6) is 0 Å². The Kier molecular flexibility index (Phi) is 8.38. The van der Waals surface area contributed by atoms with E-state index in [0.717, 1.165) is 11.8 Å². The fourth-order valence-electron chi connectivity index (χ4n) is 3.17. The molecule has 5 nitrogen and oxygen atoms in total. The molecule has 1 fully saturated rings. The largest absolute Gasteiger partial charge is 0.423 e. The number of alkyl halides is 1. The standard InChI is InChI=1S/C15H18N2O3.C4H9Br/c18-14-12-7-4-9-16-13(12)17(15(19)20-14)10-8-11-5-2-1-3-6-11;1-2-3-4-5/h4,7,9,11H,1-3,5-6,8,10H2;2-4H2,1H3. The first-order valence-electron chi connectivity index (χ1n) is 9.22. The van der Waals surface area contributed by atoms with E-state index in [1.54, 1.807) is 18.3 Å². The van der Waals surface area contributed by atoms with Gasteiger partial charge in [-0.05, 0) is 30.9 Å². The second kappa shape index (κ2) is 10.5. The second-order valence-electron chi connectivity index (χ2n) is 6.52. The van der Waals surface area contributed by atoms with E-state index < -0.39 is 11.4 Å². The molecule has 1 aliphatic carbocycles. The summed E-state index contributed by atoms with van der Waals surface area (Å²) in [4.78, 5) is 27.7. The molecular formula is C19H27BrN2O3. The third-order valence-corrected chi connectivity index (χ3v) is 5.20. The molecule has 6 heteroatoms. The van der Waals surface area contributed by atoms with Crippen LogP contribution in [0.15, 0.2) is 32.3 Å². The first-order chi connectivity index (χ1) is 12.2. The molecule has 0 bridgehead atoms. The van der Waals surface area contributed by atoms with Crippen molar-refractivity contribution in [2.45, 2.75) is 64.8 Å². The molecule has 1 saturated carbocycles. The fraction of sp³-hybridized carbons (Fsp3) is 0.632. The van der Waals surface area contributed by atoms with Crippen LogP contribution in [0.1, 0.15) is 58.3 Å². The van der Waals surface area contributed by atoms with E-state index in [0.29, 0.717) is 23.5 Å². The Morgan fingerprint density at radius 1 is 1.28 bits per heavy atom. The minimum atomic E-state index is -0.605. The van der Waals surface area contributed by atoms with E-state index in [9.17, 15) is 9.59 Å². The summed E-state index contributed by atoms with van der Waals surface area (Å²) in [6.45, 7) is 2.75. The summed E-state index contributed by atoms with van der Waals surface area (Å²) in [6, 6.07) is 3.32. The van der Waals surface area contributed by atoms with Crippen LogP contribution in [0, 0.1) is 5.92 Å². The lowest BCUT2D eigenvalue weighted by Gasteiger charge is -2.21. The summed E-state index contributed by atoms with van der Waals surface area (Å²) in [5, 5.41) is 1.53. The summed E-state index contributed by atoms with van der Waals surface area (Å²) in [5.74, 6) is 0.0679. The number of nitrogens with zero attached hydrogens (tertiary/aromatic N) is 2. The Labute approximate surface area is 156 Å². The number of halogens is 1. The van der Waals surface area contributed by atoms with Gasteiger partial charge in [0.2, 0.25) is 0 Å². The Morgan fingerprint density at radius 2 is 2.04 bits per heavy atom. The average Bonchev–Trinajstić information content (AvgIpc) is 2.64. The Balaban J connectivity index is 0.000000399. The normalized spacial score (nSPS) is 15.0. The van der Waals surface area contributed by atoms with Crippen molar-refractivity contribution in [1.29, 1.82) is 0 Å². The minimum Gasteiger partial charge on any atom is -0.372 e. The van der Waals surface area contributed by atoms with Gasteiger partial charge in [0.25, 0.3) is 0 Å². The van der Waals surface area contributed by atoms with E-state index in [2.05, 4.69) is 27.8 Å². The number of unbranched alkanes of at least 4 members (excludes halogenated alkanes) is 1. The van der Waals surface area contributed by atoms with Gasteiger partial charge in [0.05, 0.1) is 0 Å². The molecule has 1 aliphatic rings. The Bertz CT molecular complexity index is 761. The maximum atomic E-state index is 11.9. The smallest absolute Gasteiger partial charge is 0.372 e. The molecule has 0 spiro atoms. The number of aromatic nitrogens is 2. The van der Waals surface area contributed by atoms with Gasteiger partial charge in [0.15, 0.2) is 5.65 Å². The predicted octanol–water partition coefficient (Wildman–Crippen LogP) is 4.50. The molecule has 3 rings (SSSR count). The number of rotatable bonds is 5. The summed E-state index contributed by atoms with van der Waals surface area (Å²) >= 11 is 3.31. The molecule has 0 aliphatic heterocycles. The van der Waals surface area contributed by atoms with E-state index in [4.69, 9.17) is 4.42 Å². The van der Waals surface area contributed by atoms with E-state index in [-0.39, 0.29) is 0 Å². The van der Waals surface area contributed by atoms with Crippen LogP contribution in [0.2, 0.25) is 0 Å². The zero-order chi connectivity index (χ0) is 18.1. The quantitative estimate of drug-likeness (QED) is 0.680. The SMILES string of the molecule is CCCCBr.O=c1oc(=O)n(CCC2CCCCC2)c2ncccc12. The minimum absolute atomic E-state index is 0.371. The fourth-order valence-corrected chi connectivity index (χ4v) is 3.73. The van der Waals surface area contributed by atoms with Crippen molar-refractivity contribution < 1.29 is 4.42 Å². The first kappa shape index (κ1) is 19.9. The number of aryl methyl sites for hydroxylation is 1. The molecule has 2 aromatic rings. The molecule has 0 aromatic carbocycles. The molecule has 2 heterocycles. The molecular weight excluding hydrogens is 384 g/mol. The molecule has 0 amide bonds. The van der Waals surface area contributed by atoms with Crippen LogP contribution in [0.3, 0.4) is 0 Å². The van der Waals surface area contributed by atoms with Gasteiger partial charge in [0.1, 0.15) is 5.39 Å². The lowest BCUT2D eigenvalue weighted by Crippen LogP contribution is -2.26. The van der Waals surface area contributed by atoms with Crippen molar-refractivity contribution in [3.63, 3.8) is 0 Å². The van der Waals surface area contributed by atoms with Gasteiger partial charge < -0.3 is 4.42 Å². The Morgan fingerprint density at radius 3 is 2.68 bits per heavy atom. The molecule has 0 unspecified atom stereocenters. The number of hydrogen-bond donors (Lipinski definition) is 0. The zero-order valence-electron chi connectivity index (χ0n) is 14.9. The highest BCUT2D eigenvalue weighted by atomic mass is 79.9. The molecule has 2 aromatic heterocycles. The molecule has 0 radical (unpaired) electrons. The van der Waals surface area contributed by atoms with Gasteiger partial charge in [-0.2, -0.15) is 0 Å². The Hall–Kier alpha value is -1.43. The molecule has 0 saturated heterocycles. The molecule has 0 N–H and O–H groups in total. The van der Waals surface area contributed by atoms with Crippen molar-refractivity contribution in [1.82, 2.24) is 9.55 Å². The number of hydrogen-bond acceptors (Lipinski definition) is 4. The van der Waals surface area contributed by atoms with Crippen molar-refractivity contribution in [2.24, 2.45) is 5.92 Å². The third kappa shape index (κ3) is 5.80. The van der Waals surface area contributed by atoms with Gasteiger partial charge in [-0.15, -0.1) is 0 Å². The monoisotopic (exact) mass is 410 g/mol. The van der Waals surface area contributed by atoms with Gasteiger partial charge in [-0.1, -0.05) is 61.4 Å². The van der Waals surface area contributed by atoms with Crippen molar-refractivity contribution in [2.75, 3.05) is 5.33 Å². The maximum absolute atomic E-state index is 11.9. The topological polar surface area (TPSA) is 65.1 Å². The summed E-state index contributed by atoms with van der Waals surface area (Å²) in [7, 11) is 0. The second-order valence-corrected chi connectivity index (χ2v) is 7.31. The van der Waals surface area contributed by atoms with Gasteiger partial charge >= 0.3 is 11.4 Å². The lowest BCUT2D eigenvalue weighted by atomic mass is 9.87. The van der Waals surface area contributed by atoms with Gasteiger partial charge in [-0.25, -0.2) is 14.6 Å². The van der Waals surface area contributed by atoms with Crippen LogP contribution in [-0.4, -0.2) is 14.9 Å². The van der Waals surface area contributed by atoms with Crippen molar-refractivity contribution >= 4 is 27.0 Å². The average molecular weight is 411 g/mol. The van der Waals surface area contributed by atoms with E-state index >= 15 is 0 Å². The highest BCUT2D eigenvalue weighted by molar-refractivity contribution is 9.09. The van der Waals surface area contributed by atoms with E-state index in [1.165, 1.54) is 49.5 Å². The van der Waals surface area contributed by atoms with Crippen LogP contribution in [0.25, 0.3) is 11.0 Å². The van der Waals surface area contributed by atoms with E-state index in [1.807, 2.05) is 0 Å². The van der Waals surface area contributed by atoms with Crippen LogP contribution in [-0.2, 0) is 6.54 Å². The van der Waals surface area contributed by atoms with Gasteiger partial charge in [-0.3, -0.25) is 4.57 Å². The molecule has 138 valence electrons. The third-order valence-electron chi connectivity index (χ3n) is 4.64. The highest BCUT2D eigenvalue weighted by Gasteiger charge is 2.15. The van der Waals surface area contributed by atoms with Gasteiger partial charge in [0, 0.05) is 18.1 Å². The lowest BCUT2D eigenvalue weighted by molar-refractivity contribution is 0.313. The summed E-state index contributed by atoms with van der Waals surface area (Å²) < 4.78 is 6.26. The summed E-state index contributed by atoms with van der Waals surface area (Å²) in [6.07, 6.45) is 11.5. The van der Waals surface area contributed by atoms with Crippen molar-refractivity contribution in [3.05, 3.63) is 39.3 Å². The molecule has 0 atom stereocenters. The van der Waals surface area contributed by atoms with Crippen LogP contribution >= 0.6 is 15.9 Å². The molecule has 25 heavy (non-hydrogen) atoms. The van der Waals surface area contributed by atoms with Crippen LogP contribution < -0.4 is 11.4 Å². The zero-order valence-corrected chi connectivity index (χ0v) is 16.5. The van der Waals surface area contributed by atoms with Crippen LogP contribution in [0.4, 0.5) is 0 Å². The number of fused-ring (bicyclic) bond motifs is 1. The first-order valence-corrected chi connectivity index (χ1v) is 10.3. The summed E-state index contributed by atoms with van der Waals surface area (Å²) in [5.41, 5.74) is -0.170. The highest BCUT2D eigenvalue weighted by Crippen LogP contribution is 2.26. The van der Waals surface area contributed by atoms with Crippen molar-refractivity contribution in [3.8, 4) is 0 Å². The number of pyridine rings is 1. The maximum Gasteiger partial charge on any atom is 0.423 e.